The van der Waals surface area contributed by atoms with Crippen molar-refractivity contribution in [2.75, 3.05) is 11.4 Å². The number of rotatable bonds is 3. The summed E-state index contributed by atoms with van der Waals surface area (Å²) < 4.78 is 1.55. The Balaban J connectivity index is 1.74. The van der Waals surface area contributed by atoms with Crippen molar-refractivity contribution < 1.29 is 4.92 Å². The van der Waals surface area contributed by atoms with Crippen LogP contribution >= 0.6 is 11.6 Å². The summed E-state index contributed by atoms with van der Waals surface area (Å²) in [5, 5.41) is 19.6. The Morgan fingerprint density at radius 2 is 1.85 bits per heavy atom. The third-order valence-electron chi connectivity index (χ3n) is 4.19. The van der Waals surface area contributed by atoms with Crippen molar-refractivity contribution in [1.82, 2.24) is 14.8 Å². The molecule has 0 amide bonds. The first-order valence-corrected chi connectivity index (χ1v) is 8.18. The molecule has 8 nitrogen and oxygen atoms in total. The smallest absolute Gasteiger partial charge is 0.281 e. The molecule has 2 aromatic carbocycles. The van der Waals surface area contributed by atoms with E-state index >= 15 is 0 Å². The molecule has 1 aromatic heterocycles. The first-order valence-electron chi connectivity index (χ1n) is 7.80. The average molecular weight is 370 g/mol. The van der Waals surface area contributed by atoms with Gasteiger partial charge in [-0.2, -0.15) is 0 Å². The molecule has 3 aromatic rings. The number of anilines is 2. The van der Waals surface area contributed by atoms with Gasteiger partial charge in [-0.3, -0.25) is 19.5 Å². The Morgan fingerprint density at radius 1 is 1.08 bits per heavy atom. The van der Waals surface area contributed by atoms with Gasteiger partial charge < -0.3 is 4.90 Å². The molecule has 2 heterocycles. The third-order valence-corrected chi connectivity index (χ3v) is 4.42. The van der Waals surface area contributed by atoms with E-state index in [0.717, 1.165) is 5.69 Å². The van der Waals surface area contributed by atoms with Gasteiger partial charge >= 0.3 is 0 Å². The molecule has 0 unspecified atom stereocenters. The molecule has 26 heavy (non-hydrogen) atoms. The van der Waals surface area contributed by atoms with Gasteiger partial charge in [0.05, 0.1) is 4.92 Å². The second-order valence-electron chi connectivity index (χ2n) is 5.74. The molecular formula is C17H12ClN5O3. The van der Waals surface area contributed by atoms with E-state index in [2.05, 4.69) is 10.2 Å². The van der Waals surface area contributed by atoms with E-state index in [4.69, 9.17) is 11.6 Å². The van der Waals surface area contributed by atoms with Gasteiger partial charge in [0, 0.05) is 41.5 Å². The van der Waals surface area contributed by atoms with Crippen LogP contribution in [-0.4, -0.2) is 26.2 Å². The summed E-state index contributed by atoms with van der Waals surface area (Å²) in [6.07, 6.45) is 0. The van der Waals surface area contributed by atoms with E-state index in [1.54, 1.807) is 16.7 Å². The second-order valence-corrected chi connectivity index (χ2v) is 6.18. The van der Waals surface area contributed by atoms with Gasteiger partial charge in [0.2, 0.25) is 5.95 Å². The quantitative estimate of drug-likeness (QED) is 0.520. The zero-order valence-corrected chi connectivity index (χ0v) is 14.1. The van der Waals surface area contributed by atoms with Crippen molar-refractivity contribution in [2.45, 2.75) is 6.54 Å². The Hall–Kier alpha value is -3.26. The predicted octanol–water partition coefficient (Wildman–Crippen LogP) is 3.02. The van der Waals surface area contributed by atoms with Crippen LogP contribution in [0.3, 0.4) is 0 Å². The molecule has 130 valence electrons. The van der Waals surface area contributed by atoms with E-state index < -0.39 is 4.92 Å². The Bertz CT molecular complexity index is 1060. The summed E-state index contributed by atoms with van der Waals surface area (Å²) in [6.45, 7) is 1.05. The van der Waals surface area contributed by atoms with Crippen LogP contribution in [0.25, 0.3) is 11.3 Å². The van der Waals surface area contributed by atoms with Gasteiger partial charge in [-0.25, -0.2) is 0 Å². The summed E-state index contributed by atoms with van der Waals surface area (Å²) in [7, 11) is 0. The maximum Gasteiger partial charge on any atom is 0.281 e. The van der Waals surface area contributed by atoms with Gasteiger partial charge in [-0.05, 0) is 30.3 Å². The highest BCUT2D eigenvalue weighted by Crippen LogP contribution is 2.29. The average Bonchev–Trinajstić information content (AvgIpc) is 3.07. The van der Waals surface area contributed by atoms with Crippen LogP contribution < -0.4 is 10.5 Å². The van der Waals surface area contributed by atoms with Crippen molar-refractivity contribution in [1.29, 1.82) is 0 Å². The van der Waals surface area contributed by atoms with Crippen LogP contribution in [-0.2, 0) is 6.54 Å². The number of hydrogen-bond acceptors (Lipinski definition) is 6. The van der Waals surface area contributed by atoms with Crippen molar-refractivity contribution in [2.24, 2.45) is 0 Å². The van der Waals surface area contributed by atoms with Crippen LogP contribution in [0.15, 0.2) is 53.3 Å². The summed E-state index contributed by atoms with van der Waals surface area (Å²) in [5.41, 5.74) is 1.16. The minimum Gasteiger partial charge on any atom is -0.309 e. The topological polar surface area (TPSA) is 94.2 Å². The summed E-state index contributed by atoms with van der Waals surface area (Å²) in [4.78, 5) is 24.9. The minimum absolute atomic E-state index is 0.0462. The van der Waals surface area contributed by atoms with Crippen LogP contribution in [0.2, 0.25) is 5.02 Å². The number of nitrogens with zero attached hydrogens (tertiary/aromatic N) is 5. The number of aromatic nitrogens is 3. The van der Waals surface area contributed by atoms with E-state index in [-0.39, 0.29) is 16.9 Å². The molecule has 4 rings (SSSR count). The van der Waals surface area contributed by atoms with Crippen LogP contribution in [0.1, 0.15) is 0 Å². The van der Waals surface area contributed by atoms with E-state index in [1.807, 2.05) is 17.0 Å². The van der Waals surface area contributed by atoms with E-state index in [0.29, 0.717) is 29.6 Å². The molecule has 0 spiro atoms. The lowest BCUT2D eigenvalue weighted by molar-refractivity contribution is -0.384. The van der Waals surface area contributed by atoms with Crippen molar-refractivity contribution in [3.8, 4) is 11.3 Å². The van der Waals surface area contributed by atoms with Crippen molar-refractivity contribution in [3.05, 3.63) is 74.0 Å². The lowest BCUT2D eigenvalue weighted by atomic mass is 10.1. The Kier molecular flexibility index (Phi) is 3.89. The molecule has 1 aliphatic heterocycles. The predicted molar refractivity (Wildman–Crippen MR) is 96.8 cm³/mol. The maximum atomic E-state index is 12.8. The number of fused-ring (bicyclic) bond motifs is 1. The standard InChI is InChI=1S/C17H12ClN5O3/c18-12-2-1-3-14(10-12)21-8-9-22-16(24)15(19-20-17(21)22)11-4-6-13(7-5-11)23(25)26/h1-7,10H,8-9H2. The normalized spacial score (nSPS) is 12.9. The van der Waals surface area contributed by atoms with Gasteiger partial charge in [0.1, 0.15) is 0 Å². The number of hydrogen-bond donors (Lipinski definition) is 0. The SMILES string of the molecule is O=c1c(-c2ccc([N+](=O)[O-])cc2)nnc2n1CCN2c1cccc(Cl)c1. The van der Waals surface area contributed by atoms with Gasteiger partial charge in [-0.1, -0.05) is 17.7 Å². The van der Waals surface area contributed by atoms with Crippen molar-refractivity contribution in [3.63, 3.8) is 0 Å². The number of nitro benzene ring substituents is 1. The summed E-state index contributed by atoms with van der Waals surface area (Å²) in [5.74, 6) is 0.447. The first-order chi connectivity index (χ1) is 12.5. The van der Waals surface area contributed by atoms with Crippen LogP contribution in [0.4, 0.5) is 17.3 Å². The molecule has 1 aliphatic rings. The summed E-state index contributed by atoms with van der Waals surface area (Å²) >= 11 is 6.04. The fourth-order valence-electron chi connectivity index (χ4n) is 2.92. The molecule has 0 aliphatic carbocycles. The zero-order chi connectivity index (χ0) is 18.3. The zero-order valence-electron chi connectivity index (χ0n) is 13.4. The molecule has 0 saturated carbocycles. The fourth-order valence-corrected chi connectivity index (χ4v) is 3.11. The van der Waals surface area contributed by atoms with Crippen molar-refractivity contribution >= 4 is 28.9 Å². The molecular weight excluding hydrogens is 358 g/mol. The molecule has 0 N–H and O–H groups in total. The molecule has 0 saturated heterocycles. The second kappa shape index (κ2) is 6.23. The fraction of sp³-hybridized carbons (Fsp3) is 0.118. The summed E-state index contributed by atoms with van der Waals surface area (Å²) in [6, 6.07) is 13.0. The van der Waals surface area contributed by atoms with Gasteiger partial charge in [0.25, 0.3) is 11.2 Å². The lowest BCUT2D eigenvalue weighted by Gasteiger charge is -2.16. The molecule has 0 fully saturated rings. The largest absolute Gasteiger partial charge is 0.309 e. The molecule has 9 heteroatoms. The van der Waals surface area contributed by atoms with E-state index in [1.165, 1.54) is 24.3 Å². The molecule has 0 bridgehead atoms. The highest BCUT2D eigenvalue weighted by atomic mass is 35.5. The third kappa shape index (κ3) is 2.70. The van der Waals surface area contributed by atoms with Gasteiger partial charge in [0.15, 0.2) is 5.69 Å². The van der Waals surface area contributed by atoms with Crippen LogP contribution in [0.5, 0.6) is 0 Å². The number of nitro groups is 1. The molecule has 0 radical (unpaired) electrons. The number of non-ortho nitro benzene ring substituents is 1. The van der Waals surface area contributed by atoms with Crippen LogP contribution in [0, 0.1) is 10.1 Å². The first kappa shape index (κ1) is 16.2. The van der Waals surface area contributed by atoms with Gasteiger partial charge in [-0.15, -0.1) is 10.2 Å². The molecule has 0 atom stereocenters. The van der Waals surface area contributed by atoms with E-state index in [9.17, 15) is 14.9 Å². The Morgan fingerprint density at radius 3 is 2.54 bits per heavy atom. The number of benzene rings is 2. The number of halogens is 1. The highest BCUT2D eigenvalue weighted by molar-refractivity contribution is 6.30. The highest BCUT2D eigenvalue weighted by Gasteiger charge is 2.25. The maximum absolute atomic E-state index is 12.8. The lowest BCUT2D eigenvalue weighted by Crippen LogP contribution is -2.23. The minimum atomic E-state index is -0.492. The monoisotopic (exact) mass is 369 g/mol. The Labute approximate surface area is 152 Å².